The Labute approximate surface area is 155 Å². The molecule has 3 aromatic rings. The first kappa shape index (κ1) is 18.1. The third kappa shape index (κ3) is 3.60. The van der Waals surface area contributed by atoms with E-state index < -0.39 is 0 Å². The van der Waals surface area contributed by atoms with Crippen LogP contribution in [-0.2, 0) is 11.2 Å². The minimum atomic E-state index is -0.315. The SMILES string of the molecule is Cc1c(C(=O)Nc2ccc(CC(=O)N(C)C)cc2)sc2cccc(F)c12. The molecular formula is C20H19FN2O2S. The van der Waals surface area contributed by atoms with Crippen LogP contribution in [0.25, 0.3) is 10.1 Å². The summed E-state index contributed by atoms with van der Waals surface area (Å²) in [7, 11) is 3.43. The number of benzene rings is 2. The van der Waals surface area contributed by atoms with Gasteiger partial charge in [-0.15, -0.1) is 11.3 Å². The molecule has 0 unspecified atom stereocenters. The zero-order valence-electron chi connectivity index (χ0n) is 14.8. The summed E-state index contributed by atoms with van der Waals surface area (Å²) in [5.41, 5.74) is 2.16. The molecule has 0 bridgehead atoms. The molecule has 0 atom stereocenters. The maximum atomic E-state index is 14.0. The van der Waals surface area contributed by atoms with Gasteiger partial charge >= 0.3 is 0 Å². The van der Waals surface area contributed by atoms with Gasteiger partial charge in [-0.1, -0.05) is 18.2 Å². The molecule has 1 heterocycles. The Bertz CT molecular complexity index is 977. The van der Waals surface area contributed by atoms with Gasteiger partial charge in [0.05, 0.1) is 11.3 Å². The summed E-state index contributed by atoms with van der Waals surface area (Å²) in [5.74, 6) is -0.560. The smallest absolute Gasteiger partial charge is 0.266 e. The van der Waals surface area contributed by atoms with Crippen LogP contribution < -0.4 is 5.32 Å². The Kier molecular flexibility index (Phi) is 5.04. The van der Waals surface area contributed by atoms with Crippen molar-refractivity contribution >= 4 is 38.9 Å². The standard InChI is InChI=1S/C20H19FN2O2S/c1-12-18-15(21)5-4-6-16(18)26-19(12)20(25)22-14-9-7-13(8-10-14)11-17(24)23(2)3/h4-10H,11H2,1-3H3,(H,22,25). The molecule has 26 heavy (non-hydrogen) atoms. The molecule has 3 rings (SSSR count). The van der Waals surface area contributed by atoms with E-state index in [9.17, 15) is 14.0 Å². The number of fused-ring (bicyclic) bond motifs is 1. The number of hydrogen-bond donors (Lipinski definition) is 1. The molecule has 0 saturated carbocycles. The second-order valence-corrected chi connectivity index (χ2v) is 7.34. The van der Waals surface area contributed by atoms with Crippen LogP contribution in [0.2, 0.25) is 0 Å². The third-order valence-corrected chi connectivity index (χ3v) is 5.43. The Morgan fingerprint density at radius 1 is 1.12 bits per heavy atom. The van der Waals surface area contributed by atoms with Crippen molar-refractivity contribution in [1.29, 1.82) is 0 Å². The molecule has 0 aliphatic carbocycles. The maximum Gasteiger partial charge on any atom is 0.266 e. The van der Waals surface area contributed by atoms with Gasteiger partial charge in [-0.25, -0.2) is 4.39 Å². The predicted molar refractivity (Wildman–Crippen MR) is 103 cm³/mol. The molecule has 1 N–H and O–H groups in total. The van der Waals surface area contributed by atoms with E-state index in [0.29, 0.717) is 27.9 Å². The minimum Gasteiger partial charge on any atom is -0.349 e. The fraction of sp³-hybridized carbons (Fsp3) is 0.200. The Morgan fingerprint density at radius 3 is 2.42 bits per heavy atom. The number of carbonyl (C=O) groups excluding carboxylic acids is 2. The first-order valence-corrected chi connectivity index (χ1v) is 8.96. The molecule has 2 amide bonds. The normalized spacial score (nSPS) is 10.8. The van der Waals surface area contributed by atoms with E-state index in [1.807, 2.05) is 18.2 Å². The summed E-state index contributed by atoms with van der Waals surface area (Å²) in [6.07, 6.45) is 0.315. The van der Waals surface area contributed by atoms with E-state index in [0.717, 1.165) is 10.3 Å². The summed E-state index contributed by atoms with van der Waals surface area (Å²) in [4.78, 5) is 26.4. The van der Waals surface area contributed by atoms with E-state index >= 15 is 0 Å². The molecule has 134 valence electrons. The summed E-state index contributed by atoms with van der Waals surface area (Å²) in [6, 6.07) is 12.0. The molecule has 0 radical (unpaired) electrons. The van der Waals surface area contributed by atoms with Crippen molar-refractivity contribution in [2.75, 3.05) is 19.4 Å². The summed E-state index contributed by atoms with van der Waals surface area (Å²) < 4.78 is 14.8. The molecule has 0 aliphatic heterocycles. The van der Waals surface area contributed by atoms with Gasteiger partial charge in [-0.3, -0.25) is 9.59 Å². The number of nitrogens with one attached hydrogen (secondary N) is 1. The number of anilines is 1. The van der Waals surface area contributed by atoms with Crippen molar-refractivity contribution in [2.24, 2.45) is 0 Å². The van der Waals surface area contributed by atoms with Crippen LogP contribution >= 0.6 is 11.3 Å². The number of amides is 2. The van der Waals surface area contributed by atoms with Gasteiger partial charge in [-0.2, -0.15) is 0 Å². The van der Waals surface area contributed by atoms with E-state index in [-0.39, 0.29) is 17.6 Å². The number of carbonyl (C=O) groups is 2. The van der Waals surface area contributed by atoms with Gasteiger partial charge in [0.15, 0.2) is 0 Å². The van der Waals surface area contributed by atoms with Crippen molar-refractivity contribution in [3.05, 3.63) is 64.3 Å². The van der Waals surface area contributed by atoms with Crippen LogP contribution in [0.1, 0.15) is 20.8 Å². The fourth-order valence-corrected chi connectivity index (χ4v) is 3.81. The number of hydrogen-bond acceptors (Lipinski definition) is 3. The van der Waals surface area contributed by atoms with Crippen molar-refractivity contribution < 1.29 is 14.0 Å². The number of nitrogens with zero attached hydrogens (tertiary/aromatic N) is 1. The summed E-state index contributed by atoms with van der Waals surface area (Å²) in [5, 5.41) is 3.34. The third-order valence-electron chi connectivity index (χ3n) is 4.18. The van der Waals surface area contributed by atoms with E-state index in [1.165, 1.54) is 17.4 Å². The molecule has 4 nitrogen and oxygen atoms in total. The van der Waals surface area contributed by atoms with Crippen molar-refractivity contribution in [3.63, 3.8) is 0 Å². The van der Waals surface area contributed by atoms with Gasteiger partial charge in [0.1, 0.15) is 5.82 Å². The first-order chi connectivity index (χ1) is 12.4. The van der Waals surface area contributed by atoms with Gasteiger partial charge in [0, 0.05) is 29.9 Å². The van der Waals surface area contributed by atoms with E-state index in [1.54, 1.807) is 44.1 Å². The average Bonchev–Trinajstić information content (AvgIpc) is 2.94. The Morgan fingerprint density at radius 2 is 1.81 bits per heavy atom. The molecule has 0 fully saturated rings. The lowest BCUT2D eigenvalue weighted by molar-refractivity contribution is -0.127. The van der Waals surface area contributed by atoms with Crippen LogP contribution in [0.3, 0.4) is 0 Å². The number of rotatable bonds is 4. The highest BCUT2D eigenvalue weighted by Crippen LogP contribution is 2.33. The van der Waals surface area contributed by atoms with Crippen molar-refractivity contribution in [3.8, 4) is 0 Å². The van der Waals surface area contributed by atoms with Crippen molar-refractivity contribution in [2.45, 2.75) is 13.3 Å². The quantitative estimate of drug-likeness (QED) is 0.747. The van der Waals surface area contributed by atoms with Crippen LogP contribution in [-0.4, -0.2) is 30.8 Å². The number of halogens is 1. The van der Waals surface area contributed by atoms with Gasteiger partial charge in [0.25, 0.3) is 5.91 Å². The zero-order valence-corrected chi connectivity index (χ0v) is 15.6. The summed E-state index contributed by atoms with van der Waals surface area (Å²) in [6.45, 7) is 1.76. The highest BCUT2D eigenvalue weighted by Gasteiger charge is 2.18. The van der Waals surface area contributed by atoms with Crippen LogP contribution in [0.5, 0.6) is 0 Å². The Hall–Kier alpha value is -2.73. The zero-order chi connectivity index (χ0) is 18.8. The summed E-state index contributed by atoms with van der Waals surface area (Å²) >= 11 is 1.28. The highest BCUT2D eigenvalue weighted by atomic mass is 32.1. The molecule has 2 aromatic carbocycles. The lowest BCUT2D eigenvalue weighted by Crippen LogP contribution is -2.23. The average molecular weight is 370 g/mol. The van der Waals surface area contributed by atoms with Gasteiger partial charge < -0.3 is 10.2 Å². The predicted octanol–water partition coefficient (Wildman–Crippen LogP) is 4.23. The van der Waals surface area contributed by atoms with E-state index in [4.69, 9.17) is 0 Å². The lowest BCUT2D eigenvalue weighted by Gasteiger charge is -2.10. The minimum absolute atomic E-state index is 0.0183. The highest BCUT2D eigenvalue weighted by molar-refractivity contribution is 7.21. The van der Waals surface area contributed by atoms with Crippen molar-refractivity contribution in [1.82, 2.24) is 4.90 Å². The molecule has 6 heteroatoms. The molecule has 0 spiro atoms. The molecule has 0 aliphatic rings. The first-order valence-electron chi connectivity index (χ1n) is 8.15. The molecule has 1 aromatic heterocycles. The lowest BCUT2D eigenvalue weighted by atomic mass is 10.1. The number of likely N-dealkylation sites (N-methyl/N-ethyl adjacent to an activating group) is 1. The van der Waals surface area contributed by atoms with Gasteiger partial charge in [-0.05, 0) is 42.3 Å². The van der Waals surface area contributed by atoms with Crippen LogP contribution in [0.4, 0.5) is 10.1 Å². The number of aryl methyl sites for hydroxylation is 1. The monoisotopic (exact) mass is 370 g/mol. The van der Waals surface area contributed by atoms with Crippen LogP contribution in [0.15, 0.2) is 42.5 Å². The largest absolute Gasteiger partial charge is 0.349 e. The Balaban J connectivity index is 1.77. The topological polar surface area (TPSA) is 49.4 Å². The second kappa shape index (κ2) is 7.25. The maximum absolute atomic E-state index is 14.0. The fourth-order valence-electron chi connectivity index (χ4n) is 2.70. The molecule has 0 saturated heterocycles. The van der Waals surface area contributed by atoms with Crippen LogP contribution in [0, 0.1) is 12.7 Å². The second-order valence-electron chi connectivity index (χ2n) is 6.29. The van der Waals surface area contributed by atoms with E-state index in [2.05, 4.69) is 5.32 Å². The molecular weight excluding hydrogens is 351 g/mol. The number of thiophene rings is 1. The van der Waals surface area contributed by atoms with Gasteiger partial charge in [0.2, 0.25) is 5.91 Å².